The third-order valence-electron chi connectivity index (χ3n) is 3.47. The molecule has 0 saturated heterocycles. The van der Waals surface area contributed by atoms with E-state index in [1.54, 1.807) is 32.0 Å². The maximum Gasteiger partial charge on any atom is 0.230 e. The van der Waals surface area contributed by atoms with Crippen LogP contribution in [0.3, 0.4) is 0 Å². The zero-order valence-corrected chi connectivity index (χ0v) is 13.8. The third-order valence-corrected chi connectivity index (χ3v) is 4.21. The molecule has 116 valence electrons. The minimum atomic E-state index is -0.388. The van der Waals surface area contributed by atoms with E-state index >= 15 is 0 Å². The largest absolute Gasteiger partial charge is 0.352 e. The molecule has 1 aliphatic carbocycles. The number of aryl methyl sites for hydroxylation is 2. The van der Waals surface area contributed by atoms with Gasteiger partial charge in [-0.1, -0.05) is 23.2 Å². The van der Waals surface area contributed by atoms with Crippen molar-refractivity contribution in [3.05, 3.63) is 62.8 Å². The third kappa shape index (κ3) is 2.85. The average Bonchev–Trinajstić information content (AvgIpc) is 2.50. The maximum absolute atomic E-state index is 12.5. The predicted molar refractivity (Wildman–Crippen MR) is 88.3 cm³/mol. The van der Waals surface area contributed by atoms with Gasteiger partial charge in [-0.3, -0.25) is 9.59 Å². The van der Waals surface area contributed by atoms with Crippen molar-refractivity contribution in [1.82, 2.24) is 9.97 Å². The number of hydrogen-bond donors (Lipinski definition) is 1. The van der Waals surface area contributed by atoms with Crippen LogP contribution in [0.15, 0.2) is 30.0 Å². The molecule has 7 heteroatoms. The standard InChI is InChI=1S/C16H11Cl2N3O2/c1-7-8(2)20-15-14(19-7)13(22)6-12(16(15)23)21-9-3-4-10(17)11(18)5-9/h3-6,21H,1-2H3. The van der Waals surface area contributed by atoms with Gasteiger partial charge in [0, 0.05) is 11.8 Å². The molecule has 0 fully saturated rings. The van der Waals surface area contributed by atoms with Crippen molar-refractivity contribution in [2.24, 2.45) is 0 Å². The second-order valence-electron chi connectivity index (χ2n) is 5.10. The summed E-state index contributed by atoms with van der Waals surface area (Å²) < 4.78 is 0. The summed E-state index contributed by atoms with van der Waals surface area (Å²) in [5, 5.41) is 3.63. The normalized spacial score (nSPS) is 13.7. The molecule has 0 saturated carbocycles. The van der Waals surface area contributed by atoms with Crippen LogP contribution in [0.2, 0.25) is 10.0 Å². The molecule has 2 aromatic rings. The minimum Gasteiger partial charge on any atom is -0.352 e. The molecular formula is C16H11Cl2N3O2. The summed E-state index contributed by atoms with van der Waals surface area (Å²) in [6, 6.07) is 4.83. The molecule has 0 unspecified atom stereocenters. The number of carbonyl (C=O) groups is 2. The molecule has 0 bridgehead atoms. The SMILES string of the molecule is Cc1nc2c(nc1C)C(=O)C(Nc1ccc(Cl)c(Cl)c1)=CC2=O. The lowest BCUT2D eigenvalue weighted by atomic mass is 10.0. The summed E-state index contributed by atoms with van der Waals surface area (Å²) >= 11 is 11.8. The Morgan fingerprint density at radius 1 is 0.957 bits per heavy atom. The van der Waals surface area contributed by atoms with Crippen LogP contribution in [-0.2, 0) is 0 Å². The summed E-state index contributed by atoms with van der Waals surface area (Å²) in [7, 11) is 0. The molecule has 1 heterocycles. The first-order valence-corrected chi connectivity index (χ1v) is 7.50. The van der Waals surface area contributed by atoms with E-state index in [9.17, 15) is 9.59 Å². The molecule has 1 N–H and O–H groups in total. The van der Waals surface area contributed by atoms with Gasteiger partial charge in [-0.05, 0) is 32.0 Å². The molecule has 1 aromatic carbocycles. The minimum absolute atomic E-state index is 0.0585. The van der Waals surface area contributed by atoms with E-state index in [-0.39, 0.29) is 28.7 Å². The number of nitrogens with zero attached hydrogens (tertiary/aromatic N) is 2. The van der Waals surface area contributed by atoms with E-state index in [0.29, 0.717) is 27.1 Å². The van der Waals surface area contributed by atoms with Gasteiger partial charge < -0.3 is 5.32 Å². The smallest absolute Gasteiger partial charge is 0.230 e. The van der Waals surface area contributed by atoms with Gasteiger partial charge in [0.15, 0.2) is 0 Å². The maximum atomic E-state index is 12.5. The fourth-order valence-electron chi connectivity index (χ4n) is 2.15. The monoisotopic (exact) mass is 347 g/mol. The lowest BCUT2D eigenvalue weighted by molar-refractivity contribution is 0.0977. The summed E-state index contributed by atoms with van der Waals surface area (Å²) in [5.74, 6) is -0.751. The lowest BCUT2D eigenvalue weighted by Crippen LogP contribution is -2.25. The number of benzene rings is 1. The zero-order valence-electron chi connectivity index (χ0n) is 12.3. The number of allylic oxidation sites excluding steroid dienone is 2. The van der Waals surface area contributed by atoms with E-state index < -0.39 is 0 Å². The average molecular weight is 348 g/mol. The summed E-state index contributed by atoms with van der Waals surface area (Å²) in [4.78, 5) is 33.1. The molecule has 0 spiro atoms. The number of halogens is 2. The highest BCUT2D eigenvalue weighted by Crippen LogP contribution is 2.27. The number of rotatable bonds is 2. The Morgan fingerprint density at radius 3 is 2.26 bits per heavy atom. The Labute approximate surface area is 142 Å². The van der Waals surface area contributed by atoms with Gasteiger partial charge in [0.2, 0.25) is 11.6 Å². The number of ketones is 2. The number of carbonyl (C=O) groups excluding carboxylic acids is 2. The van der Waals surface area contributed by atoms with E-state index in [1.165, 1.54) is 6.08 Å². The Balaban J connectivity index is 1.99. The fraction of sp³-hybridized carbons (Fsp3) is 0.125. The van der Waals surface area contributed by atoms with Gasteiger partial charge in [0.25, 0.3) is 0 Å². The molecule has 0 radical (unpaired) electrons. The molecule has 23 heavy (non-hydrogen) atoms. The molecule has 0 aliphatic heterocycles. The second kappa shape index (κ2) is 5.76. The quantitative estimate of drug-likeness (QED) is 0.894. The van der Waals surface area contributed by atoms with Crippen LogP contribution in [0.4, 0.5) is 5.69 Å². The first kappa shape index (κ1) is 15.6. The van der Waals surface area contributed by atoms with Crippen molar-refractivity contribution >= 4 is 40.5 Å². The van der Waals surface area contributed by atoms with Crippen molar-refractivity contribution in [2.75, 3.05) is 5.32 Å². The van der Waals surface area contributed by atoms with Gasteiger partial charge in [-0.2, -0.15) is 0 Å². The first-order valence-electron chi connectivity index (χ1n) is 6.75. The summed E-state index contributed by atoms with van der Waals surface area (Å²) in [5.41, 5.74) is 2.05. The second-order valence-corrected chi connectivity index (χ2v) is 5.91. The molecule has 0 atom stereocenters. The Bertz CT molecular complexity index is 891. The van der Waals surface area contributed by atoms with Gasteiger partial charge in [-0.15, -0.1) is 0 Å². The van der Waals surface area contributed by atoms with Crippen LogP contribution in [0.25, 0.3) is 0 Å². The van der Waals surface area contributed by atoms with E-state index in [1.807, 2.05) is 0 Å². The van der Waals surface area contributed by atoms with Crippen LogP contribution >= 0.6 is 23.2 Å². The number of nitrogens with one attached hydrogen (secondary N) is 1. The number of Topliss-reactive ketones (excluding diaryl/α,β-unsaturated/α-hetero) is 1. The van der Waals surface area contributed by atoms with Crippen LogP contribution in [-0.4, -0.2) is 21.5 Å². The molecule has 1 aromatic heterocycles. The fourth-order valence-corrected chi connectivity index (χ4v) is 2.45. The van der Waals surface area contributed by atoms with E-state index in [4.69, 9.17) is 23.2 Å². The van der Waals surface area contributed by atoms with Gasteiger partial charge in [-0.25, -0.2) is 9.97 Å². The van der Waals surface area contributed by atoms with Crippen molar-refractivity contribution in [3.8, 4) is 0 Å². The van der Waals surface area contributed by atoms with Gasteiger partial charge in [0.05, 0.1) is 27.1 Å². The van der Waals surface area contributed by atoms with Crippen molar-refractivity contribution in [3.63, 3.8) is 0 Å². The topological polar surface area (TPSA) is 72.0 Å². The Kier molecular flexibility index (Phi) is 3.92. The molecule has 0 amide bonds. The summed E-state index contributed by atoms with van der Waals surface area (Å²) in [6.07, 6.45) is 1.22. The van der Waals surface area contributed by atoms with Crippen LogP contribution in [0.5, 0.6) is 0 Å². The van der Waals surface area contributed by atoms with E-state index in [2.05, 4.69) is 15.3 Å². The first-order chi connectivity index (χ1) is 10.9. The molecule has 1 aliphatic rings. The van der Waals surface area contributed by atoms with Crippen LogP contribution < -0.4 is 5.32 Å². The highest BCUT2D eigenvalue weighted by molar-refractivity contribution is 6.42. The highest BCUT2D eigenvalue weighted by atomic mass is 35.5. The predicted octanol–water partition coefficient (Wildman–Crippen LogP) is 3.78. The molecule has 5 nitrogen and oxygen atoms in total. The number of anilines is 1. The number of hydrogen-bond acceptors (Lipinski definition) is 5. The van der Waals surface area contributed by atoms with Crippen LogP contribution in [0.1, 0.15) is 32.4 Å². The van der Waals surface area contributed by atoms with Gasteiger partial charge >= 0.3 is 0 Å². The Morgan fingerprint density at radius 2 is 1.61 bits per heavy atom. The highest BCUT2D eigenvalue weighted by Gasteiger charge is 2.29. The van der Waals surface area contributed by atoms with Crippen molar-refractivity contribution in [1.29, 1.82) is 0 Å². The van der Waals surface area contributed by atoms with Gasteiger partial charge in [0.1, 0.15) is 11.4 Å². The Hall–Kier alpha value is -2.24. The summed E-state index contributed by atoms with van der Waals surface area (Å²) in [6.45, 7) is 3.48. The van der Waals surface area contributed by atoms with Crippen molar-refractivity contribution < 1.29 is 9.59 Å². The number of fused-ring (bicyclic) bond motifs is 1. The molecule has 3 rings (SSSR count). The molecular weight excluding hydrogens is 337 g/mol. The zero-order chi connectivity index (χ0) is 16.7. The number of aromatic nitrogens is 2. The van der Waals surface area contributed by atoms with Crippen LogP contribution in [0, 0.1) is 13.8 Å². The van der Waals surface area contributed by atoms with Crippen molar-refractivity contribution in [2.45, 2.75) is 13.8 Å². The van der Waals surface area contributed by atoms with E-state index in [0.717, 1.165) is 0 Å². The lowest BCUT2D eigenvalue weighted by Gasteiger charge is -2.16.